The lowest BCUT2D eigenvalue weighted by Crippen LogP contribution is -2.62. The van der Waals surface area contributed by atoms with Crippen LogP contribution in [0.3, 0.4) is 0 Å². The first-order chi connectivity index (χ1) is 13.0. The van der Waals surface area contributed by atoms with E-state index in [1.807, 2.05) is 12.1 Å². The summed E-state index contributed by atoms with van der Waals surface area (Å²) in [5.74, 6) is 1.35. The summed E-state index contributed by atoms with van der Waals surface area (Å²) in [4.78, 5) is 2.79. The number of nitrogens with zero attached hydrogens (tertiary/aromatic N) is 1. The Morgan fingerprint density at radius 3 is 2.15 bits per heavy atom. The van der Waals surface area contributed by atoms with E-state index in [0.29, 0.717) is 10.6 Å². The SMILES string of the molecule is CS(=O)(=O)c1ccc(Oc2ccc(N3CCCC34CNCNC4)cc2)cc1. The molecule has 7 heteroatoms. The van der Waals surface area contributed by atoms with Gasteiger partial charge in [-0.1, -0.05) is 0 Å². The monoisotopic (exact) mass is 387 g/mol. The van der Waals surface area contributed by atoms with Gasteiger partial charge in [-0.25, -0.2) is 8.42 Å². The van der Waals surface area contributed by atoms with Crippen molar-refractivity contribution in [3.05, 3.63) is 48.5 Å². The standard InChI is InChI=1S/C20H25N3O3S/c1-27(24,25)19-9-7-18(8-10-19)26-17-5-3-16(4-6-17)23-12-2-11-20(23)13-21-15-22-14-20/h3-10,21-22H,2,11-15H2,1H3. The molecule has 2 aliphatic heterocycles. The maximum Gasteiger partial charge on any atom is 0.175 e. The maximum atomic E-state index is 11.5. The van der Waals surface area contributed by atoms with Gasteiger partial charge in [0.15, 0.2) is 9.84 Å². The summed E-state index contributed by atoms with van der Waals surface area (Å²) >= 11 is 0. The van der Waals surface area contributed by atoms with Crippen LogP contribution in [0, 0.1) is 0 Å². The topological polar surface area (TPSA) is 70.7 Å². The Hall–Kier alpha value is -2.09. The van der Waals surface area contributed by atoms with Crippen molar-refractivity contribution in [1.82, 2.24) is 10.6 Å². The van der Waals surface area contributed by atoms with Gasteiger partial charge in [-0.15, -0.1) is 0 Å². The number of ether oxygens (including phenoxy) is 1. The summed E-state index contributed by atoms with van der Waals surface area (Å²) in [6.45, 7) is 3.95. The number of hydrogen-bond acceptors (Lipinski definition) is 6. The van der Waals surface area contributed by atoms with Crippen LogP contribution >= 0.6 is 0 Å². The molecule has 1 spiro atoms. The largest absolute Gasteiger partial charge is 0.457 e. The van der Waals surface area contributed by atoms with E-state index < -0.39 is 9.84 Å². The van der Waals surface area contributed by atoms with Gasteiger partial charge in [0, 0.05) is 38.2 Å². The molecule has 0 atom stereocenters. The van der Waals surface area contributed by atoms with Crippen LogP contribution in [0.2, 0.25) is 0 Å². The molecule has 27 heavy (non-hydrogen) atoms. The molecule has 2 saturated heterocycles. The minimum absolute atomic E-state index is 0.155. The smallest absolute Gasteiger partial charge is 0.175 e. The van der Waals surface area contributed by atoms with Crippen molar-refractivity contribution in [3.8, 4) is 11.5 Å². The molecule has 0 radical (unpaired) electrons. The fourth-order valence-electron chi connectivity index (χ4n) is 4.04. The zero-order valence-electron chi connectivity index (χ0n) is 15.4. The summed E-state index contributed by atoms with van der Waals surface area (Å²) in [6, 6.07) is 14.6. The van der Waals surface area contributed by atoms with Gasteiger partial charge in [0.1, 0.15) is 11.5 Å². The molecular formula is C20H25N3O3S. The van der Waals surface area contributed by atoms with Crippen molar-refractivity contribution >= 4 is 15.5 Å². The molecular weight excluding hydrogens is 362 g/mol. The molecule has 2 aromatic carbocycles. The highest BCUT2D eigenvalue weighted by Crippen LogP contribution is 2.35. The molecule has 144 valence electrons. The first-order valence-corrected chi connectivity index (χ1v) is 11.1. The van der Waals surface area contributed by atoms with Crippen LogP contribution in [0.1, 0.15) is 12.8 Å². The summed E-state index contributed by atoms with van der Waals surface area (Å²) in [5, 5.41) is 6.91. The van der Waals surface area contributed by atoms with E-state index in [4.69, 9.17) is 4.74 Å². The predicted molar refractivity (Wildman–Crippen MR) is 106 cm³/mol. The average molecular weight is 388 g/mol. The lowest BCUT2D eigenvalue weighted by molar-refractivity contribution is 0.317. The fraction of sp³-hybridized carbons (Fsp3) is 0.400. The Morgan fingerprint density at radius 2 is 1.56 bits per heavy atom. The van der Waals surface area contributed by atoms with Crippen LogP contribution in [-0.2, 0) is 9.84 Å². The zero-order valence-corrected chi connectivity index (χ0v) is 16.3. The lowest BCUT2D eigenvalue weighted by Gasteiger charge is -2.43. The Labute approximate surface area is 160 Å². The van der Waals surface area contributed by atoms with E-state index in [1.54, 1.807) is 24.3 Å². The molecule has 4 rings (SSSR count). The normalized spacial score (nSPS) is 19.4. The Balaban J connectivity index is 1.47. The minimum Gasteiger partial charge on any atom is -0.457 e. The first-order valence-electron chi connectivity index (χ1n) is 9.24. The summed E-state index contributed by atoms with van der Waals surface area (Å²) in [5.41, 5.74) is 1.36. The lowest BCUT2D eigenvalue weighted by atomic mass is 9.94. The second-order valence-corrected chi connectivity index (χ2v) is 9.37. The average Bonchev–Trinajstić information content (AvgIpc) is 3.05. The van der Waals surface area contributed by atoms with E-state index in [-0.39, 0.29) is 5.54 Å². The molecule has 2 aliphatic rings. The van der Waals surface area contributed by atoms with Crippen molar-refractivity contribution in [2.45, 2.75) is 23.3 Å². The van der Waals surface area contributed by atoms with Gasteiger partial charge >= 0.3 is 0 Å². The molecule has 2 heterocycles. The number of nitrogens with one attached hydrogen (secondary N) is 2. The van der Waals surface area contributed by atoms with Crippen LogP contribution in [0.5, 0.6) is 11.5 Å². The molecule has 2 aromatic rings. The van der Waals surface area contributed by atoms with E-state index in [2.05, 4.69) is 27.7 Å². The fourth-order valence-corrected chi connectivity index (χ4v) is 4.67. The molecule has 0 saturated carbocycles. The number of anilines is 1. The van der Waals surface area contributed by atoms with Crippen LogP contribution < -0.4 is 20.3 Å². The van der Waals surface area contributed by atoms with Gasteiger partial charge in [0.2, 0.25) is 0 Å². The zero-order chi connectivity index (χ0) is 18.9. The van der Waals surface area contributed by atoms with Crippen LogP contribution in [0.4, 0.5) is 5.69 Å². The molecule has 0 aliphatic carbocycles. The van der Waals surface area contributed by atoms with Gasteiger partial charge in [-0.3, -0.25) is 0 Å². The highest BCUT2D eigenvalue weighted by molar-refractivity contribution is 7.90. The van der Waals surface area contributed by atoms with Crippen molar-refractivity contribution < 1.29 is 13.2 Å². The third-order valence-corrected chi connectivity index (χ3v) is 6.52. The van der Waals surface area contributed by atoms with Crippen molar-refractivity contribution in [3.63, 3.8) is 0 Å². The van der Waals surface area contributed by atoms with Gasteiger partial charge in [0.05, 0.1) is 10.4 Å². The van der Waals surface area contributed by atoms with Crippen LogP contribution in [0.15, 0.2) is 53.4 Å². The first kappa shape index (κ1) is 18.3. The summed E-state index contributed by atoms with van der Waals surface area (Å²) in [6.07, 6.45) is 3.59. The van der Waals surface area contributed by atoms with Gasteiger partial charge in [-0.05, 0) is 61.4 Å². The third-order valence-electron chi connectivity index (χ3n) is 5.39. The van der Waals surface area contributed by atoms with Crippen LogP contribution in [0.25, 0.3) is 0 Å². The van der Waals surface area contributed by atoms with E-state index in [9.17, 15) is 8.42 Å². The van der Waals surface area contributed by atoms with Crippen LogP contribution in [-0.4, -0.2) is 46.5 Å². The molecule has 6 nitrogen and oxygen atoms in total. The Bertz CT molecular complexity index is 889. The number of sulfone groups is 1. The number of rotatable bonds is 4. The minimum atomic E-state index is -3.19. The molecule has 0 bridgehead atoms. The van der Waals surface area contributed by atoms with E-state index in [1.165, 1.54) is 24.8 Å². The van der Waals surface area contributed by atoms with Crippen molar-refractivity contribution in [2.24, 2.45) is 0 Å². The summed E-state index contributed by atoms with van der Waals surface area (Å²) < 4.78 is 28.9. The second kappa shape index (κ2) is 7.14. The van der Waals surface area contributed by atoms with E-state index in [0.717, 1.165) is 32.1 Å². The van der Waals surface area contributed by atoms with E-state index >= 15 is 0 Å². The quantitative estimate of drug-likeness (QED) is 0.839. The maximum absolute atomic E-state index is 11.5. The molecule has 0 aromatic heterocycles. The molecule has 2 fully saturated rings. The Morgan fingerprint density at radius 1 is 0.963 bits per heavy atom. The number of hydrogen-bond donors (Lipinski definition) is 2. The highest BCUT2D eigenvalue weighted by Gasteiger charge is 2.41. The summed E-state index contributed by atoms with van der Waals surface area (Å²) in [7, 11) is -3.19. The molecule has 0 amide bonds. The Kier molecular flexibility index (Phi) is 4.84. The molecule has 2 N–H and O–H groups in total. The third kappa shape index (κ3) is 3.81. The number of benzene rings is 2. The van der Waals surface area contributed by atoms with Crippen molar-refractivity contribution in [2.75, 3.05) is 37.5 Å². The second-order valence-electron chi connectivity index (χ2n) is 7.35. The predicted octanol–water partition coefficient (Wildman–Crippen LogP) is 2.37. The van der Waals surface area contributed by atoms with Gasteiger partial charge in [0.25, 0.3) is 0 Å². The highest BCUT2D eigenvalue weighted by atomic mass is 32.2. The van der Waals surface area contributed by atoms with Gasteiger partial charge in [-0.2, -0.15) is 0 Å². The molecule has 0 unspecified atom stereocenters. The van der Waals surface area contributed by atoms with Gasteiger partial charge < -0.3 is 20.3 Å². The van der Waals surface area contributed by atoms with Crippen molar-refractivity contribution in [1.29, 1.82) is 0 Å².